The van der Waals surface area contributed by atoms with Gasteiger partial charge in [0.25, 0.3) is 0 Å². The quantitative estimate of drug-likeness (QED) is 0.183. The van der Waals surface area contributed by atoms with Crippen molar-refractivity contribution in [2.45, 2.75) is 69.1 Å². The first-order chi connectivity index (χ1) is 19.8. The van der Waals surface area contributed by atoms with Gasteiger partial charge in [-0.1, -0.05) is 48.5 Å². The number of carbonyl (C=O) groups is 2. The highest BCUT2D eigenvalue weighted by molar-refractivity contribution is 5.92. The molecule has 3 N–H and O–H groups in total. The number of aryl methyl sites for hydroxylation is 1. The van der Waals surface area contributed by atoms with Crippen molar-refractivity contribution in [2.75, 3.05) is 24.7 Å². The van der Waals surface area contributed by atoms with Gasteiger partial charge in [0.2, 0.25) is 5.91 Å². The highest BCUT2D eigenvalue weighted by Gasteiger charge is 2.70. The van der Waals surface area contributed by atoms with Crippen LogP contribution >= 0.6 is 0 Å². The molecular formula is C33H38IN3O5. The number of quaternary nitrogens is 1. The molecule has 3 saturated heterocycles. The molecule has 0 saturated carbocycles. The van der Waals surface area contributed by atoms with Crippen LogP contribution in [0.3, 0.4) is 0 Å². The number of aliphatic hydroxyl groups excluding tert-OH is 1. The summed E-state index contributed by atoms with van der Waals surface area (Å²) in [5, 5.41) is 15.1. The van der Waals surface area contributed by atoms with E-state index in [0.29, 0.717) is 42.8 Å². The molecular weight excluding hydrogens is 645 g/mol. The maximum Gasteiger partial charge on any atom is 0.411 e. The van der Waals surface area contributed by atoms with Gasteiger partial charge in [0, 0.05) is 30.5 Å². The lowest BCUT2D eigenvalue weighted by Crippen LogP contribution is -3.00. The van der Waals surface area contributed by atoms with Crippen molar-refractivity contribution in [1.82, 2.24) is 0 Å². The number of nitrogens with zero attached hydrogens (tertiary/aromatic N) is 1. The molecule has 0 aliphatic carbocycles. The van der Waals surface area contributed by atoms with Crippen molar-refractivity contribution in [1.29, 1.82) is 0 Å². The summed E-state index contributed by atoms with van der Waals surface area (Å²) >= 11 is 0. The number of aliphatic hydroxyl groups is 1. The van der Waals surface area contributed by atoms with Crippen molar-refractivity contribution in [3.05, 3.63) is 83.9 Å². The van der Waals surface area contributed by atoms with E-state index in [1.165, 1.54) is 0 Å². The van der Waals surface area contributed by atoms with Gasteiger partial charge < -0.3 is 48.4 Å². The molecule has 222 valence electrons. The molecule has 3 heterocycles. The number of amides is 2. The number of piperidine rings is 1. The van der Waals surface area contributed by atoms with E-state index >= 15 is 0 Å². The Morgan fingerprint density at radius 3 is 2.26 bits per heavy atom. The first-order valence-corrected chi connectivity index (χ1v) is 14.5. The Hall–Kier alpha value is -2.99. The zero-order valence-corrected chi connectivity index (χ0v) is 26.1. The molecule has 0 radical (unpaired) electrons. The predicted octanol–water partition coefficient (Wildman–Crippen LogP) is 2.12. The van der Waals surface area contributed by atoms with Crippen molar-refractivity contribution in [2.24, 2.45) is 0 Å². The van der Waals surface area contributed by atoms with Crippen LogP contribution in [0.2, 0.25) is 0 Å². The van der Waals surface area contributed by atoms with Crippen molar-refractivity contribution in [3.63, 3.8) is 0 Å². The number of nitrogens with one attached hydrogen (secondary N) is 2. The molecule has 6 rings (SSSR count). The molecule has 3 aromatic carbocycles. The van der Waals surface area contributed by atoms with Gasteiger partial charge in [0.1, 0.15) is 30.4 Å². The number of likely N-dealkylation sites (N-methyl/N-ethyl adjacent to an activating group) is 1. The Morgan fingerprint density at radius 1 is 0.929 bits per heavy atom. The topological polar surface area (TPSA) is 100 Å². The van der Waals surface area contributed by atoms with Gasteiger partial charge in [0.15, 0.2) is 0 Å². The van der Waals surface area contributed by atoms with Crippen LogP contribution in [0.1, 0.15) is 36.8 Å². The number of hydrogen-bond donors (Lipinski definition) is 3. The normalized spacial score (nSPS) is 24.6. The van der Waals surface area contributed by atoms with Gasteiger partial charge in [-0.05, 0) is 53.8 Å². The van der Waals surface area contributed by atoms with Gasteiger partial charge in [0.05, 0.1) is 26.4 Å². The maximum absolute atomic E-state index is 13.0. The van der Waals surface area contributed by atoms with E-state index in [1.807, 2.05) is 42.5 Å². The molecule has 5 atom stereocenters. The monoisotopic (exact) mass is 683 g/mol. The summed E-state index contributed by atoms with van der Waals surface area (Å²) in [5.41, 5.74) is 5.24. The number of hydrogen-bond acceptors (Lipinski definition) is 5. The summed E-state index contributed by atoms with van der Waals surface area (Å²) in [6.07, 6.45) is 3.55. The summed E-state index contributed by atoms with van der Waals surface area (Å²) in [4.78, 5) is 25.5. The van der Waals surface area contributed by atoms with Gasteiger partial charge in [-0.3, -0.25) is 10.1 Å². The lowest BCUT2D eigenvalue weighted by Gasteiger charge is -2.45. The van der Waals surface area contributed by atoms with Crippen LogP contribution < -0.4 is 34.6 Å². The zero-order valence-electron chi connectivity index (χ0n) is 24.0. The number of epoxide rings is 1. The van der Waals surface area contributed by atoms with Gasteiger partial charge >= 0.3 is 6.09 Å². The first-order valence-electron chi connectivity index (χ1n) is 14.5. The largest absolute Gasteiger partial charge is 1.00 e. The Morgan fingerprint density at radius 2 is 1.60 bits per heavy atom. The summed E-state index contributed by atoms with van der Waals surface area (Å²) in [5.74, 6) is -0.0479. The second-order valence-corrected chi connectivity index (χ2v) is 12.0. The van der Waals surface area contributed by atoms with E-state index in [4.69, 9.17) is 9.47 Å². The number of anilines is 2. The second kappa shape index (κ2) is 12.7. The average Bonchev–Trinajstić information content (AvgIpc) is 3.73. The molecule has 3 aromatic rings. The van der Waals surface area contributed by atoms with Crippen molar-refractivity contribution in [3.8, 4) is 11.1 Å². The average molecular weight is 684 g/mol. The van der Waals surface area contributed by atoms with E-state index in [2.05, 4.69) is 30.8 Å². The third kappa shape index (κ3) is 6.49. The molecule has 8 nitrogen and oxygen atoms in total. The molecule has 3 fully saturated rings. The third-order valence-corrected chi connectivity index (χ3v) is 9.01. The van der Waals surface area contributed by atoms with E-state index in [9.17, 15) is 14.7 Å². The minimum Gasteiger partial charge on any atom is -1.00 e. The van der Waals surface area contributed by atoms with Crippen LogP contribution in [0, 0.1) is 0 Å². The van der Waals surface area contributed by atoms with Crippen LogP contribution in [-0.4, -0.2) is 66.1 Å². The number of carbonyl (C=O) groups excluding carboxylic acids is 2. The summed E-state index contributed by atoms with van der Waals surface area (Å²) in [7, 11) is 4.53. The molecule has 0 aromatic heterocycles. The molecule has 2 bridgehead atoms. The number of halogens is 1. The smallest absolute Gasteiger partial charge is 0.411 e. The number of ether oxygens (including phenoxy) is 2. The second-order valence-electron chi connectivity index (χ2n) is 12.0. The molecule has 42 heavy (non-hydrogen) atoms. The van der Waals surface area contributed by atoms with Gasteiger partial charge in [-0.15, -0.1) is 0 Å². The van der Waals surface area contributed by atoms with Crippen molar-refractivity contribution < 1.29 is 52.6 Å². The van der Waals surface area contributed by atoms with Crippen LogP contribution in [0.5, 0.6) is 0 Å². The molecule has 3 aliphatic rings. The minimum atomic E-state index is -0.426. The van der Waals surface area contributed by atoms with E-state index in [-0.39, 0.29) is 42.6 Å². The predicted molar refractivity (Wildman–Crippen MR) is 157 cm³/mol. The molecule has 0 unspecified atom stereocenters. The number of morpholine rings is 1. The fourth-order valence-corrected chi connectivity index (χ4v) is 6.67. The third-order valence-electron chi connectivity index (χ3n) is 9.01. The van der Waals surface area contributed by atoms with Crippen molar-refractivity contribution >= 4 is 23.4 Å². The molecule has 2 amide bonds. The van der Waals surface area contributed by atoms with Gasteiger partial charge in [-0.2, -0.15) is 0 Å². The fourth-order valence-electron chi connectivity index (χ4n) is 6.67. The lowest BCUT2D eigenvalue weighted by molar-refractivity contribution is -0.938. The number of fused-ring (bicyclic) bond motifs is 5. The van der Waals surface area contributed by atoms with Crippen LogP contribution in [0.4, 0.5) is 16.2 Å². The fraction of sp³-hybridized carbons (Fsp3) is 0.394. The molecule has 0 spiro atoms. The number of benzene rings is 3. The Labute approximate surface area is 264 Å². The first kappa shape index (κ1) is 30.5. The zero-order chi connectivity index (χ0) is 28.6. The highest BCUT2D eigenvalue weighted by Crippen LogP contribution is 2.51. The van der Waals surface area contributed by atoms with Crippen LogP contribution in [-0.2, 0) is 27.3 Å². The van der Waals surface area contributed by atoms with Gasteiger partial charge in [-0.25, -0.2) is 4.79 Å². The standard InChI is InChI=1S/C33H37N3O5.HI/c1-36(2)28-18-25(19-29(36)32-31(28)41-32)40-33(39)35-27-16-13-21(17-26(27)23-8-4-3-5-9-23)7-6-10-30(38)34-24-14-11-22(20-37)12-15-24;/h3-5,8-9,11-17,25,28-29,31-32,37H,6-7,10,18-20H2,1-2H3,(H-,34,35,38,39);1H/t25-,28-,29+,31-,32+;. The van der Waals surface area contributed by atoms with Crippen LogP contribution in [0.15, 0.2) is 72.8 Å². The minimum absolute atomic E-state index is 0. The summed E-state index contributed by atoms with van der Waals surface area (Å²) in [6.45, 7) is -0.0233. The summed E-state index contributed by atoms with van der Waals surface area (Å²) < 4.78 is 12.7. The summed E-state index contributed by atoms with van der Waals surface area (Å²) in [6, 6.07) is 23.9. The Balaban J connectivity index is 0.00000353. The molecule has 9 heteroatoms. The SMILES string of the molecule is C[N+]1(C)[C@@H]2C[C@@H](OC(=O)Nc3ccc(CCCC(=O)Nc4ccc(CO)cc4)cc3-c3ccccc3)C[C@H]1[C@@H]1O[C@@H]12.[I-]. The lowest BCUT2D eigenvalue weighted by atomic mass is 9.96. The van der Waals surface area contributed by atoms with E-state index in [0.717, 1.165) is 51.7 Å². The number of rotatable bonds is 9. The Kier molecular flexibility index (Phi) is 9.22. The Bertz CT molecular complexity index is 1390. The highest BCUT2D eigenvalue weighted by atomic mass is 127. The van der Waals surface area contributed by atoms with E-state index < -0.39 is 6.09 Å². The maximum atomic E-state index is 13.0. The van der Waals surface area contributed by atoms with Crippen LogP contribution in [0.25, 0.3) is 11.1 Å². The molecule has 3 aliphatic heterocycles. The van der Waals surface area contributed by atoms with E-state index in [1.54, 1.807) is 24.3 Å².